The lowest BCUT2D eigenvalue weighted by atomic mass is 9.84. The normalized spacial score (nSPS) is 14.3. The highest BCUT2D eigenvalue weighted by Crippen LogP contribution is 2.53. The number of anilines is 2. The molecular formula is C21H18F12N2O2. The number of nitrogens with two attached hydrogens (primary N) is 2. The third-order valence-electron chi connectivity index (χ3n) is 5.82. The predicted octanol–water partition coefficient (Wildman–Crippen LogP) is 5.68. The van der Waals surface area contributed by atoms with Gasteiger partial charge in [0, 0.05) is 22.5 Å². The summed E-state index contributed by atoms with van der Waals surface area (Å²) in [5.41, 5.74) is -7.30. The maximum atomic E-state index is 13.4. The van der Waals surface area contributed by atoms with Gasteiger partial charge in [0.2, 0.25) is 0 Å². The standard InChI is InChI=1S/C21H18F12N2O2/c1-8-3-14(34)12(16(36,18(22,23)24)19(25,26)27)6-10(8)5-11-7-13(15(35)4-9(11)2)17(37,20(28,29)30)21(31,32)33/h3-4,6-7,36-37H,5,34-35H2,1-2H3. The number of hydrogen-bond acceptors (Lipinski definition) is 4. The van der Waals surface area contributed by atoms with Crippen LogP contribution in [0.3, 0.4) is 0 Å². The molecule has 6 N–H and O–H groups in total. The highest BCUT2D eigenvalue weighted by molar-refractivity contribution is 5.59. The zero-order chi connectivity index (χ0) is 29.2. The summed E-state index contributed by atoms with van der Waals surface area (Å²) < 4.78 is 160. The van der Waals surface area contributed by atoms with Crippen molar-refractivity contribution in [3.63, 3.8) is 0 Å². The van der Waals surface area contributed by atoms with Crippen LogP contribution < -0.4 is 11.5 Å². The molecular weight excluding hydrogens is 540 g/mol. The number of alkyl halides is 12. The molecule has 0 aliphatic rings. The Balaban J connectivity index is 2.81. The van der Waals surface area contributed by atoms with Gasteiger partial charge in [-0.25, -0.2) is 0 Å². The summed E-state index contributed by atoms with van der Waals surface area (Å²) in [6.07, 6.45) is -26.1. The lowest BCUT2D eigenvalue weighted by molar-refractivity contribution is -0.376. The zero-order valence-corrected chi connectivity index (χ0v) is 18.6. The lowest BCUT2D eigenvalue weighted by Gasteiger charge is -2.34. The minimum Gasteiger partial charge on any atom is -0.398 e. The van der Waals surface area contributed by atoms with E-state index in [-0.39, 0.29) is 23.3 Å². The molecule has 0 amide bonds. The van der Waals surface area contributed by atoms with Crippen molar-refractivity contribution in [1.29, 1.82) is 0 Å². The Bertz CT molecular complexity index is 1060. The summed E-state index contributed by atoms with van der Waals surface area (Å²) in [6.45, 7) is 2.29. The quantitative estimate of drug-likeness (QED) is 0.287. The monoisotopic (exact) mass is 558 g/mol. The van der Waals surface area contributed by atoms with Crippen molar-refractivity contribution in [2.24, 2.45) is 0 Å². The number of aryl methyl sites for hydroxylation is 2. The lowest BCUT2D eigenvalue weighted by Crippen LogP contribution is -2.54. The number of benzene rings is 2. The van der Waals surface area contributed by atoms with E-state index in [2.05, 4.69) is 0 Å². The first-order chi connectivity index (χ1) is 16.3. The first-order valence-electron chi connectivity index (χ1n) is 9.81. The minimum absolute atomic E-state index is 0.104. The number of halogens is 12. The van der Waals surface area contributed by atoms with E-state index in [0.717, 1.165) is 13.8 Å². The Morgan fingerprint density at radius 1 is 0.541 bits per heavy atom. The van der Waals surface area contributed by atoms with E-state index in [1.807, 2.05) is 0 Å². The van der Waals surface area contributed by atoms with E-state index in [0.29, 0.717) is 12.1 Å². The Kier molecular flexibility index (Phi) is 7.26. The second kappa shape index (κ2) is 8.85. The van der Waals surface area contributed by atoms with E-state index < -0.39 is 76.0 Å². The fourth-order valence-corrected chi connectivity index (χ4v) is 3.70. The molecule has 37 heavy (non-hydrogen) atoms. The Morgan fingerprint density at radius 2 is 0.784 bits per heavy atom. The van der Waals surface area contributed by atoms with Crippen LogP contribution in [0, 0.1) is 13.8 Å². The summed E-state index contributed by atoms with van der Waals surface area (Å²) in [6, 6.07) is 1.67. The summed E-state index contributed by atoms with van der Waals surface area (Å²) in [4.78, 5) is 0. The van der Waals surface area contributed by atoms with Gasteiger partial charge in [-0.15, -0.1) is 0 Å². The van der Waals surface area contributed by atoms with Crippen molar-refractivity contribution >= 4 is 11.4 Å². The summed E-state index contributed by atoms with van der Waals surface area (Å²) in [5.74, 6) is 0. The van der Waals surface area contributed by atoms with E-state index in [9.17, 15) is 62.9 Å². The molecule has 0 aliphatic carbocycles. The maximum Gasteiger partial charge on any atom is 0.430 e. The first kappa shape index (κ1) is 30.3. The van der Waals surface area contributed by atoms with Crippen LogP contribution in [-0.4, -0.2) is 34.9 Å². The molecule has 0 aliphatic heterocycles. The van der Waals surface area contributed by atoms with Crippen LogP contribution in [0.2, 0.25) is 0 Å². The topological polar surface area (TPSA) is 92.5 Å². The highest BCUT2D eigenvalue weighted by atomic mass is 19.4. The van der Waals surface area contributed by atoms with Gasteiger partial charge in [-0.2, -0.15) is 52.7 Å². The largest absolute Gasteiger partial charge is 0.430 e. The Hall–Kier alpha value is -2.88. The zero-order valence-electron chi connectivity index (χ0n) is 18.6. The molecule has 0 saturated carbocycles. The van der Waals surface area contributed by atoms with Gasteiger partial charge in [0.05, 0.1) is 0 Å². The van der Waals surface area contributed by atoms with Crippen LogP contribution in [0.25, 0.3) is 0 Å². The molecule has 0 aromatic heterocycles. The SMILES string of the molecule is Cc1cc(N)c(C(O)(C(F)(F)F)C(F)(F)F)cc1Cc1cc(C(O)(C(F)(F)F)C(F)(F)F)c(N)cc1C. The first-order valence-corrected chi connectivity index (χ1v) is 9.81. The van der Waals surface area contributed by atoms with E-state index >= 15 is 0 Å². The Morgan fingerprint density at radius 3 is 1.00 bits per heavy atom. The van der Waals surface area contributed by atoms with Crippen LogP contribution in [0.15, 0.2) is 24.3 Å². The van der Waals surface area contributed by atoms with Gasteiger partial charge >= 0.3 is 24.7 Å². The van der Waals surface area contributed by atoms with Crippen LogP contribution in [0.4, 0.5) is 64.1 Å². The number of rotatable bonds is 4. The summed E-state index contributed by atoms with van der Waals surface area (Å²) >= 11 is 0. The van der Waals surface area contributed by atoms with E-state index in [1.165, 1.54) is 0 Å². The molecule has 0 heterocycles. The highest BCUT2D eigenvalue weighted by Gasteiger charge is 2.73. The molecule has 0 bridgehead atoms. The van der Waals surface area contributed by atoms with Crippen molar-refractivity contribution in [3.05, 3.63) is 57.6 Å². The number of nitrogen functional groups attached to an aromatic ring is 2. The van der Waals surface area contributed by atoms with Gasteiger partial charge in [0.1, 0.15) is 0 Å². The average molecular weight is 558 g/mol. The van der Waals surface area contributed by atoms with Crippen LogP contribution in [-0.2, 0) is 17.6 Å². The van der Waals surface area contributed by atoms with E-state index in [1.54, 1.807) is 0 Å². The fraction of sp³-hybridized carbons (Fsp3) is 0.429. The molecule has 208 valence electrons. The van der Waals surface area contributed by atoms with Crippen molar-refractivity contribution in [2.45, 2.75) is 56.2 Å². The van der Waals surface area contributed by atoms with Crippen LogP contribution in [0.1, 0.15) is 33.4 Å². The molecule has 0 spiro atoms. The van der Waals surface area contributed by atoms with Crippen LogP contribution in [0.5, 0.6) is 0 Å². The molecule has 0 saturated heterocycles. The smallest absolute Gasteiger partial charge is 0.398 e. The molecule has 2 aromatic carbocycles. The van der Waals surface area contributed by atoms with Gasteiger partial charge in [-0.1, -0.05) is 0 Å². The van der Waals surface area contributed by atoms with Crippen LogP contribution >= 0.6 is 0 Å². The number of hydrogen-bond donors (Lipinski definition) is 4. The average Bonchev–Trinajstić information content (AvgIpc) is 2.67. The predicted molar refractivity (Wildman–Crippen MR) is 106 cm³/mol. The van der Waals surface area contributed by atoms with Crippen molar-refractivity contribution in [3.8, 4) is 0 Å². The Labute approximate surface area is 200 Å². The fourth-order valence-electron chi connectivity index (χ4n) is 3.70. The maximum absolute atomic E-state index is 13.4. The molecule has 0 unspecified atom stereocenters. The van der Waals surface area contributed by atoms with Crippen molar-refractivity contribution < 1.29 is 62.9 Å². The van der Waals surface area contributed by atoms with E-state index in [4.69, 9.17) is 11.5 Å². The minimum atomic E-state index is -6.31. The number of aliphatic hydroxyl groups is 2. The molecule has 16 heteroatoms. The molecule has 4 nitrogen and oxygen atoms in total. The van der Waals surface area contributed by atoms with Gasteiger partial charge in [0.25, 0.3) is 11.2 Å². The van der Waals surface area contributed by atoms with Gasteiger partial charge < -0.3 is 21.7 Å². The van der Waals surface area contributed by atoms with Gasteiger partial charge in [0.15, 0.2) is 0 Å². The summed E-state index contributed by atoms with van der Waals surface area (Å²) in [5, 5.41) is 19.4. The molecule has 0 atom stereocenters. The molecule has 2 aromatic rings. The summed E-state index contributed by atoms with van der Waals surface area (Å²) in [7, 11) is 0. The molecule has 0 fully saturated rings. The molecule has 0 radical (unpaired) electrons. The van der Waals surface area contributed by atoms with Crippen molar-refractivity contribution in [2.75, 3.05) is 11.5 Å². The second-order valence-electron chi connectivity index (χ2n) is 8.32. The van der Waals surface area contributed by atoms with Crippen molar-refractivity contribution in [1.82, 2.24) is 0 Å². The van der Waals surface area contributed by atoms with Gasteiger partial charge in [-0.05, 0) is 66.8 Å². The van der Waals surface area contributed by atoms with Gasteiger partial charge in [-0.3, -0.25) is 0 Å². The third kappa shape index (κ3) is 4.87. The second-order valence-corrected chi connectivity index (χ2v) is 8.32. The third-order valence-corrected chi connectivity index (χ3v) is 5.82. The molecule has 2 rings (SSSR count).